The number of aliphatic hydroxyl groups excluding tert-OH is 1. The third-order valence-electron chi connectivity index (χ3n) is 4.14. The molecule has 158 valence electrons. The van der Waals surface area contributed by atoms with Crippen LogP contribution in [0.4, 0.5) is 0 Å². The lowest BCUT2D eigenvalue weighted by molar-refractivity contribution is -0.143. The van der Waals surface area contributed by atoms with E-state index in [0.717, 1.165) is 6.42 Å². The van der Waals surface area contributed by atoms with Gasteiger partial charge in [0, 0.05) is 6.42 Å². The number of carboxylic acid groups (broad SMARTS) is 2. The number of aliphatic carboxylic acids is 2. The van der Waals surface area contributed by atoms with Crippen LogP contribution < -0.4 is 21.3 Å². The molecule has 1 saturated heterocycles. The molecule has 4 atom stereocenters. The lowest BCUT2D eigenvalue weighted by Crippen LogP contribution is -2.57. The molecule has 12 heteroatoms. The highest BCUT2D eigenvalue weighted by Gasteiger charge is 2.30. The van der Waals surface area contributed by atoms with E-state index >= 15 is 0 Å². The quantitative estimate of drug-likeness (QED) is 0.190. The van der Waals surface area contributed by atoms with E-state index in [4.69, 9.17) is 10.2 Å². The summed E-state index contributed by atoms with van der Waals surface area (Å²) < 4.78 is 0. The van der Waals surface area contributed by atoms with E-state index in [2.05, 4.69) is 21.3 Å². The first kappa shape index (κ1) is 23.3. The summed E-state index contributed by atoms with van der Waals surface area (Å²) in [4.78, 5) is 57.7. The summed E-state index contributed by atoms with van der Waals surface area (Å²) in [6, 6.07) is -3.16. The minimum atomic E-state index is -1.42. The molecule has 0 aromatic carbocycles. The smallest absolute Gasteiger partial charge is 0.326 e. The molecule has 0 spiro atoms. The topological polar surface area (TPSA) is 194 Å². The van der Waals surface area contributed by atoms with Crippen LogP contribution >= 0.6 is 0 Å². The average Bonchev–Trinajstić information content (AvgIpc) is 3.15. The summed E-state index contributed by atoms with van der Waals surface area (Å²) >= 11 is 0. The molecule has 1 aliphatic heterocycles. The number of hydrogen-bond donors (Lipinski definition) is 7. The summed E-state index contributed by atoms with van der Waals surface area (Å²) in [5.74, 6) is -4.71. The van der Waals surface area contributed by atoms with Gasteiger partial charge in [0.05, 0.1) is 18.7 Å². The molecule has 7 N–H and O–H groups in total. The maximum atomic E-state index is 12.2. The molecule has 1 heterocycles. The molecule has 1 fully saturated rings. The lowest BCUT2D eigenvalue weighted by Gasteiger charge is -2.22. The number of carboxylic acids is 2. The van der Waals surface area contributed by atoms with Crippen molar-refractivity contribution in [2.24, 2.45) is 0 Å². The number of carbonyl (C=O) groups excluding carboxylic acids is 3. The van der Waals surface area contributed by atoms with Gasteiger partial charge in [-0.15, -0.1) is 0 Å². The van der Waals surface area contributed by atoms with Crippen molar-refractivity contribution in [1.29, 1.82) is 0 Å². The highest BCUT2D eigenvalue weighted by Crippen LogP contribution is 2.06. The number of aliphatic hydroxyl groups is 1. The molecular formula is C16H26N4O8. The fourth-order valence-electron chi connectivity index (χ4n) is 2.62. The van der Waals surface area contributed by atoms with Crippen molar-refractivity contribution in [3.05, 3.63) is 0 Å². The number of carbonyl (C=O) groups is 5. The third-order valence-corrected chi connectivity index (χ3v) is 4.14. The van der Waals surface area contributed by atoms with Gasteiger partial charge >= 0.3 is 11.9 Å². The lowest BCUT2D eigenvalue weighted by atomic mass is 10.1. The molecule has 0 aromatic heterocycles. The molecule has 12 nitrogen and oxygen atoms in total. The number of hydrogen-bond acceptors (Lipinski definition) is 7. The van der Waals surface area contributed by atoms with E-state index in [1.165, 1.54) is 6.92 Å². The highest BCUT2D eigenvalue weighted by atomic mass is 16.4. The normalized spacial score (nSPS) is 19.1. The fourth-order valence-corrected chi connectivity index (χ4v) is 2.62. The summed E-state index contributed by atoms with van der Waals surface area (Å²) in [5.41, 5.74) is 0. The zero-order valence-electron chi connectivity index (χ0n) is 15.4. The zero-order chi connectivity index (χ0) is 21.3. The van der Waals surface area contributed by atoms with Crippen molar-refractivity contribution < 1.29 is 39.3 Å². The summed E-state index contributed by atoms with van der Waals surface area (Å²) in [6.45, 7) is 1.38. The molecule has 0 saturated carbocycles. The zero-order valence-corrected chi connectivity index (χ0v) is 15.4. The van der Waals surface area contributed by atoms with Crippen molar-refractivity contribution in [1.82, 2.24) is 21.3 Å². The van der Waals surface area contributed by atoms with E-state index in [9.17, 15) is 29.1 Å². The van der Waals surface area contributed by atoms with Crippen LogP contribution in [0.2, 0.25) is 0 Å². The molecule has 3 amide bonds. The van der Waals surface area contributed by atoms with Gasteiger partial charge < -0.3 is 36.6 Å². The summed E-state index contributed by atoms with van der Waals surface area (Å²) in [6.07, 6.45) is -0.568. The van der Waals surface area contributed by atoms with Crippen LogP contribution in [0.3, 0.4) is 0 Å². The standard InChI is InChI=1S/C16H26N4O8/c1-8(21)13(20-14(25)9-3-2-6-17-9)15(26)18-7-11(22)19-10(16(27)28)4-5-12(23)24/h8-10,13,17,21H,2-7H2,1H3,(H,18,26)(H,19,22)(H,20,25)(H,23,24)(H,27,28). The van der Waals surface area contributed by atoms with Crippen LogP contribution in [-0.4, -0.2) is 82.3 Å². The first-order chi connectivity index (χ1) is 13.1. The van der Waals surface area contributed by atoms with E-state index in [1.54, 1.807) is 0 Å². The van der Waals surface area contributed by atoms with E-state index in [1.807, 2.05) is 0 Å². The first-order valence-electron chi connectivity index (χ1n) is 8.85. The van der Waals surface area contributed by atoms with Gasteiger partial charge in [-0.05, 0) is 32.7 Å². The van der Waals surface area contributed by atoms with Crippen LogP contribution in [0.5, 0.6) is 0 Å². The molecule has 0 radical (unpaired) electrons. The Bertz CT molecular complexity index is 603. The van der Waals surface area contributed by atoms with Crippen molar-refractivity contribution in [2.45, 2.75) is 56.8 Å². The molecular weight excluding hydrogens is 376 g/mol. The van der Waals surface area contributed by atoms with Crippen molar-refractivity contribution in [3.63, 3.8) is 0 Å². The van der Waals surface area contributed by atoms with E-state index in [-0.39, 0.29) is 6.42 Å². The molecule has 0 bridgehead atoms. The van der Waals surface area contributed by atoms with Gasteiger partial charge in [-0.3, -0.25) is 19.2 Å². The van der Waals surface area contributed by atoms with Crippen LogP contribution in [0.25, 0.3) is 0 Å². The monoisotopic (exact) mass is 402 g/mol. The van der Waals surface area contributed by atoms with Crippen LogP contribution in [0, 0.1) is 0 Å². The van der Waals surface area contributed by atoms with Crippen LogP contribution in [0.1, 0.15) is 32.6 Å². The Morgan fingerprint density at radius 1 is 1.14 bits per heavy atom. The molecule has 1 aliphatic rings. The van der Waals surface area contributed by atoms with Gasteiger partial charge in [0.2, 0.25) is 17.7 Å². The van der Waals surface area contributed by atoms with Crippen molar-refractivity contribution in [3.8, 4) is 0 Å². The maximum absolute atomic E-state index is 12.2. The Balaban J connectivity index is 2.53. The van der Waals surface area contributed by atoms with Gasteiger partial charge in [-0.25, -0.2) is 4.79 Å². The van der Waals surface area contributed by atoms with Crippen molar-refractivity contribution >= 4 is 29.7 Å². The fraction of sp³-hybridized carbons (Fsp3) is 0.688. The van der Waals surface area contributed by atoms with E-state index in [0.29, 0.717) is 13.0 Å². The molecule has 0 aliphatic carbocycles. The number of amides is 3. The SMILES string of the molecule is CC(O)C(NC(=O)C1CCCN1)C(=O)NCC(=O)NC(CCC(=O)O)C(=O)O. The molecule has 1 rings (SSSR count). The van der Waals surface area contributed by atoms with Crippen LogP contribution in [0.15, 0.2) is 0 Å². The van der Waals surface area contributed by atoms with Gasteiger partial charge in [-0.1, -0.05) is 0 Å². The van der Waals surface area contributed by atoms with Gasteiger partial charge in [0.1, 0.15) is 12.1 Å². The average molecular weight is 402 g/mol. The molecule has 28 heavy (non-hydrogen) atoms. The number of rotatable bonds is 11. The summed E-state index contributed by atoms with van der Waals surface area (Å²) in [7, 11) is 0. The number of nitrogens with one attached hydrogen (secondary N) is 4. The Hall–Kier alpha value is -2.73. The Labute approximate surface area is 161 Å². The predicted molar refractivity (Wildman–Crippen MR) is 94.1 cm³/mol. The minimum Gasteiger partial charge on any atom is -0.481 e. The Kier molecular flexibility index (Phi) is 9.32. The van der Waals surface area contributed by atoms with Crippen LogP contribution in [-0.2, 0) is 24.0 Å². The second kappa shape index (κ2) is 11.2. The van der Waals surface area contributed by atoms with Crippen molar-refractivity contribution in [2.75, 3.05) is 13.1 Å². The maximum Gasteiger partial charge on any atom is 0.326 e. The largest absolute Gasteiger partial charge is 0.481 e. The predicted octanol–water partition coefficient (Wildman–Crippen LogP) is -2.85. The second-order valence-corrected chi connectivity index (χ2v) is 6.48. The minimum absolute atomic E-state index is 0.314. The van der Waals surface area contributed by atoms with E-state index < -0.39 is 66.9 Å². The molecule has 0 aromatic rings. The second-order valence-electron chi connectivity index (χ2n) is 6.48. The van der Waals surface area contributed by atoms with Gasteiger partial charge in [-0.2, -0.15) is 0 Å². The van der Waals surface area contributed by atoms with Gasteiger partial charge in [0.25, 0.3) is 0 Å². The highest BCUT2D eigenvalue weighted by molar-refractivity contribution is 5.93. The third kappa shape index (κ3) is 7.88. The Morgan fingerprint density at radius 2 is 1.82 bits per heavy atom. The van der Waals surface area contributed by atoms with Gasteiger partial charge in [0.15, 0.2) is 0 Å². The Morgan fingerprint density at radius 3 is 2.32 bits per heavy atom. The summed E-state index contributed by atoms with van der Waals surface area (Å²) in [5, 5.41) is 37.0. The first-order valence-corrected chi connectivity index (χ1v) is 8.85. The molecule has 4 unspecified atom stereocenters.